The molecule has 2 atom stereocenters. The van der Waals surface area contributed by atoms with Crippen molar-refractivity contribution in [2.45, 2.75) is 37.9 Å². The molecular weight excluding hydrogens is 442 g/mol. The predicted molar refractivity (Wildman–Crippen MR) is 119 cm³/mol. The molecule has 0 spiro atoms. The second-order valence-electron chi connectivity index (χ2n) is 7.43. The lowest BCUT2D eigenvalue weighted by molar-refractivity contribution is -0.114. The van der Waals surface area contributed by atoms with Crippen molar-refractivity contribution in [1.82, 2.24) is 4.31 Å². The smallest absolute Gasteiger partial charge is 0.255 e. The van der Waals surface area contributed by atoms with E-state index in [-0.39, 0.29) is 41.7 Å². The number of nitrogens with one attached hydrogen (secondary N) is 2. The summed E-state index contributed by atoms with van der Waals surface area (Å²) < 4.78 is 32.9. The molecule has 1 fully saturated rings. The summed E-state index contributed by atoms with van der Waals surface area (Å²) in [5, 5.41) is 5.70. The van der Waals surface area contributed by atoms with Crippen LogP contribution in [0.2, 0.25) is 5.02 Å². The second kappa shape index (κ2) is 9.35. The minimum absolute atomic E-state index is 0.104. The van der Waals surface area contributed by atoms with Crippen LogP contribution in [0.15, 0.2) is 47.4 Å². The Hall–Kier alpha value is -2.46. The Bertz CT molecular complexity index is 1080. The van der Waals surface area contributed by atoms with E-state index < -0.39 is 15.9 Å². The van der Waals surface area contributed by atoms with Crippen LogP contribution in [-0.4, -0.2) is 49.8 Å². The van der Waals surface area contributed by atoms with Crippen LogP contribution in [0, 0.1) is 0 Å². The molecule has 0 bridgehead atoms. The molecule has 2 unspecified atom stereocenters. The van der Waals surface area contributed by atoms with Crippen LogP contribution in [0.3, 0.4) is 0 Å². The monoisotopic (exact) mass is 465 g/mol. The number of morpholine rings is 1. The quantitative estimate of drug-likeness (QED) is 0.704. The number of ether oxygens (including phenoxy) is 1. The van der Waals surface area contributed by atoms with Gasteiger partial charge in [0.15, 0.2) is 0 Å². The first-order valence-electron chi connectivity index (χ1n) is 9.70. The van der Waals surface area contributed by atoms with Crippen LogP contribution >= 0.6 is 11.6 Å². The van der Waals surface area contributed by atoms with Gasteiger partial charge in [-0.25, -0.2) is 8.42 Å². The number of benzene rings is 2. The van der Waals surface area contributed by atoms with Crippen LogP contribution in [0.4, 0.5) is 11.4 Å². The van der Waals surface area contributed by atoms with Gasteiger partial charge in [-0.3, -0.25) is 9.59 Å². The highest BCUT2D eigenvalue weighted by Crippen LogP contribution is 2.27. The molecule has 2 aromatic rings. The SMILES string of the molecule is CC(=O)Nc1ccc(Cl)cc1NC(=O)c1ccc(S(=O)(=O)N2CC(C)OC(C)C2)cc1. The first-order valence-corrected chi connectivity index (χ1v) is 11.5. The topological polar surface area (TPSA) is 105 Å². The van der Waals surface area contributed by atoms with Crippen molar-refractivity contribution >= 4 is 44.8 Å². The first-order chi connectivity index (χ1) is 14.6. The maximum atomic E-state index is 13.0. The Morgan fingerprint density at radius 2 is 1.61 bits per heavy atom. The van der Waals surface area contributed by atoms with Gasteiger partial charge in [-0.15, -0.1) is 0 Å². The number of carbonyl (C=O) groups is 2. The zero-order valence-electron chi connectivity index (χ0n) is 17.4. The van der Waals surface area contributed by atoms with E-state index in [1.54, 1.807) is 12.1 Å². The summed E-state index contributed by atoms with van der Waals surface area (Å²) in [5.74, 6) is -0.759. The van der Waals surface area contributed by atoms with Crippen molar-refractivity contribution in [2.24, 2.45) is 0 Å². The largest absolute Gasteiger partial charge is 0.373 e. The van der Waals surface area contributed by atoms with Gasteiger partial charge in [-0.2, -0.15) is 4.31 Å². The van der Waals surface area contributed by atoms with Crippen molar-refractivity contribution < 1.29 is 22.7 Å². The van der Waals surface area contributed by atoms with Crippen molar-refractivity contribution in [2.75, 3.05) is 23.7 Å². The summed E-state index contributed by atoms with van der Waals surface area (Å²) >= 11 is 6.00. The highest BCUT2D eigenvalue weighted by atomic mass is 35.5. The molecular formula is C21H24ClN3O5S. The molecule has 10 heteroatoms. The number of sulfonamides is 1. The first kappa shape index (κ1) is 23.2. The Labute approximate surface area is 186 Å². The highest BCUT2D eigenvalue weighted by molar-refractivity contribution is 7.89. The Balaban J connectivity index is 1.78. The van der Waals surface area contributed by atoms with E-state index in [9.17, 15) is 18.0 Å². The zero-order valence-corrected chi connectivity index (χ0v) is 19.0. The fourth-order valence-corrected chi connectivity index (χ4v) is 5.13. The van der Waals surface area contributed by atoms with Gasteiger partial charge >= 0.3 is 0 Å². The lowest BCUT2D eigenvalue weighted by atomic mass is 10.2. The summed E-state index contributed by atoms with van der Waals surface area (Å²) in [6.45, 7) is 5.56. The van der Waals surface area contributed by atoms with Gasteiger partial charge in [0.2, 0.25) is 15.9 Å². The third kappa shape index (κ3) is 5.62. The third-order valence-corrected chi connectivity index (χ3v) is 6.76. The number of nitrogens with zero attached hydrogens (tertiary/aromatic N) is 1. The van der Waals surface area contributed by atoms with E-state index in [0.29, 0.717) is 16.4 Å². The molecule has 2 N–H and O–H groups in total. The number of carbonyl (C=O) groups excluding carboxylic acids is 2. The minimum Gasteiger partial charge on any atom is -0.373 e. The van der Waals surface area contributed by atoms with Crippen LogP contribution in [0.1, 0.15) is 31.1 Å². The van der Waals surface area contributed by atoms with Gasteiger partial charge < -0.3 is 15.4 Å². The molecule has 3 rings (SSSR count). The predicted octanol–water partition coefficient (Wildman–Crippen LogP) is 3.35. The number of amides is 2. The number of rotatable bonds is 5. The standard InChI is InChI=1S/C21H24ClN3O5S/c1-13-11-25(12-14(2)30-13)31(28,29)18-7-4-16(5-8-18)21(27)24-20-10-17(22)6-9-19(20)23-15(3)26/h4-10,13-14H,11-12H2,1-3H3,(H,23,26)(H,24,27). The summed E-state index contributed by atoms with van der Waals surface area (Å²) in [6.07, 6.45) is -0.391. The van der Waals surface area contributed by atoms with Gasteiger partial charge in [0.1, 0.15) is 0 Å². The molecule has 31 heavy (non-hydrogen) atoms. The highest BCUT2D eigenvalue weighted by Gasteiger charge is 2.32. The van der Waals surface area contributed by atoms with Gasteiger partial charge in [-0.1, -0.05) is 11.6 Å². The molecule has 0 aromatic heterocycles. The zero-order chi connectivity index (χ0) is 22.8. The fraction of sp³-hybridized carbons (Fsp3) is 0.333. The molecule has 0 radical (unpaired) electrons. The average molecular weight is 466 g/mol. The van der Waals surface area contributed by atoms with Crippen LogP contribution in [0.5, 0.6) is 0 Å². The van der Waals surface area contributed by atoms with E-state index in [1.807, 2.05) is 13.8 Å². The van der Waals surface area contributed by atoms with Crippen LogP contribution < -0.4 is 10.6 Å². The molecule has 166 valence electrons. The normalized spacial score (nSPS) is 19.6. The number of halogens is 1. The molecule has 1 aliphatic rings. The molecule has 1 heterocycles. The van der Waals surface area contributed by atoms with Crippen molar-refractivity contribution in [3.8, 4) is 0 Å². The Kier molecular flexibility index (Phi) is 7.00. The minimum atomic E-state index is -3.70. The van der Waals surface area contributed by atoms with Crippen LogP contribution in [0.25, 0.3) is 0 Å². The van der Waals surface area contributed by atoms with E-state index in [2.05, 4.69) is 10.6 Å². The van der Waals surface area contributed by atoms with Gasteiger partial charge in [0, 0.05) is 30.6 Å². The Morgan fingerprint density at radius 3 is 2.19 bits per heavy atom. The molecule has 8 nitrogen and oxygen atoms in total. The van der Waals surface area contributed by atoms with E-state index in [0.717, 1.165) is 0 Å². The average Bonchev–Trinajstić information content (AvgIpc) is 2.69. The van der Waals surface area contributed by atoms with E-state index in [1.165, 1.54) is 41.6 Å². The number of anilines is 2. The maximum Gasteiger partial charge on any atom is 0.255 e. The summed E-state index contributed by atoms with van der Waals surface area (Å²) in [4.78, 5) is 24.2. The lowest BCUT2D eigenvalue weighted by Crippen LogP contribution is -2.48. The molecule has 2 aromatic carbocycles. The van der Waals surface area contributed by atoms with Crippen molar-refractivity contribution in [1.29, 1.82) is 0 Å². The maximum absolute atomic E-state index is 13.0. The van der Waals surface area contributed by atoms with E-state index >= 15 is 0 Å². The van der Waals surface area contributed by atoms with Gasteiger partial charge in [-0.05, 0) is 56.3 Å². The molecule has 1 aliphatic heterocycles. The van der Waals surface area contributed by atoms with E-state index in [4.69, 9.17) is 16.3 Å². The van der Waals surface area contributed by atoms with Gasteiger partial charge in [0.25, 0.3) is 5.91 Å². The molecule has 2 amide bonds. The molecule has 1 saturated heterocycles. The summed E-state index contributed by atoms with van der Waals surface area (Å²) in [6, 6.07) is 10.4. The number of hydrogen-bond acceptors (Lipinski definition) is 5. The van der Waals surface area contributed by atoms with Gasteiger partial charge in [0.05, 0.1) is 28.5 Å². The Morgan fingerprint density at radius 1 is 1.00 bits per heavy atom. The van der Waals surface area contributed by atoms with Crippen molar-refractivity contribution in [3.63, 3.8) is 0 Å². The molecule has 0 aliphatic carbocycles. The third-order valence-electron chi connectivity index (χ3n) is 4.68. The lowest BCUT2D eigenvalue weighted by Gasteiger charge is -2.34. The fourth-order valence-electron chi connectivity index (χ4n) is 3.37. The number of hydrogen-bond donors (Lipinski definition) is 2. The summed E-state index contributed by atoms with van der Waals surface area (Å²) in [5.41, 5.74) is 0.997. The van der Waals surface area contributed by atoms with Crippen molar-refractivity contribution in [3.05, 3.63) is 53.1 Å². The summed E-state index contributed by atoms with van der Waals surface area (Å²) in [7, 11) is -3.70. The van der Waals surface area contributed by atoms with Crippen LogP contribution in [-0.2, 0) is 19.6 Å². The second-order valence-corrected chi connectivity index (χ2v) is 9.80. The molecule has 0 saturated carbocycles.